The van der Waals surface area contributed by atoms with Crippen LogP contribution in [0, 0.1) is 20.8 Å². The third kappa shape index (κ3) is 5.55. The summed E-state index contributed by atoms with van der Waals surface area (Å²) in [5, 5.41) is 22.8. The van der Waals surface area contributed by atoms with Gasteiger partial charge in [0, 0.05) is 34.7 Å². The van der Waals surface area contributed by atoms with E-state index in [2.05, 4.69) is 33.8 Å². The van der Waals surface area contributed by atoms with E-state index in [1.165, 1.54) is 0 Å². The van der Waals surface area contributed by atoms with Gasteiger partial charge in [-0.05, 0) is 70.6 Å². The van der Waals surface area contributed by atoms with Crippen LogP contribution in [0.3, 0.4) is 0 Å². The van der Waals surface area contributed by atoms with Gasteiger partial charge in [0.2, 0.25) is 0 Å². The normalized spacial score (nSPS) is 15.9. The van der Waals surface area contributed by atoms with E-state index >= 15 is 0 Å². The van der Waals surface area contributed by atoms with Crippen LogP contribution in [0.5, 0.6) is 0 Å². The molecule has 9 heteroatoms. The number of carbonyl (C=O) groups excluding carboxylic acids is 2. The van der Waals surface area contributed by atoms with Gasteiger partial charge in [-0.3, -0.25) is 4.98 Å². The smallest absolute Gasteiger partial charge is 0.657 e. The summed E-state index contributed by atoms with van der Waals surface area (Å²) >= 11 is 0. The molecule has 5 heterocycles. The third-order valence-corrected chi connectivity index (χ3v) is 9.04. The minimum absolute atomic E-state index is 0. The quantitative estimate of drug-likeness (QED) is 0.386. The monoisotopic (exact) mass is 607 g/mol. The maximum absolute atomic E-state index is 11.4. The second-order valence-electron chi connectivity index (χ2n) is 11.8. The van der Waals surface area contributed by atoms with Gasteiger partial charge in [-0.25, -0.2) is 4.98 Å². The number of aromatic nitrogens is 4. The van der Waals surface area contributed by atoms with Crippen LogP contribution < -0.4 is 20.2 Å². The summed E-state index contributed by atoms with van der Waals surface area (Å²) in [4.78, 5) is 42.7. The van der Waals surface area contributed by atoms with E-state index in [-0.39, 0.29) is 55.5 Å². The maximum Gasteiger partial charge on any atom is 3.00 e. The minimum Gasteiger partial charge on any atom is -0.657 e. The average molecular weight is 608 g/mol. The zero-order valence-electron chi connectivity index (χ0n) is 26.0. The number of carbonyl (C=O) groups is 2. The molecule has 2 aliphatic rings. The molecule has 0 saturated carbocycles. The number of carboxylic acids is 2. The van der Waals surface area contributed by atoms with Crippen molar-refractivity contribution in [2.75, 3.05) is 0 Å². The van der Waals surface area contributed by atoms with Gasteiger partial charge in [-0.1, -0.05) is 61.2 Å². The molecule has 8 bridgehead atoms. The van der Waals surface area contributed by atoms with Crippen molar-refractivity contribution >= 4 is 45.2 Å². The van der Waals surface area contributed by atoms with Crippen molar-refractivity contribution in [2.45, 2.75) is 85.5 Å². The molecule has 0 amide bonds. The fourth-order valence-corrected chi connectivity index (χ4v) is 5.70. The molecule has 2 aliphatic heterocycles. The summed E-state index contributed by atoms with van der Waals surface area (Å²) in [7, 11) is 0. The van der Waals surface area contributed by atoms with E-state index in [4.69, 9.17) is 19.9 Å². The van der Waals surface area contributed by atoms with Crippen molar-refractivity contribution in [1.82, 2.24) is 19.9 Å². The number of hydrogen-bond acceptors (Lipinski definition) is 6. The van der Waals surface area contributed by atoms with Crippen LogP contribution in [0.2, 0.25) is 0 Å². The predicted octanol–water partition coefficient (Wildman–Crippen LogP) is 3.83. The fraction of sp³-hybridized carbons (Fsp3) is 0.394. The van der Waals surface area contributed by atoms with Crippen LogP contribution in [-0.4, -0.2) is 21.9 Å². The molecular formula is C33H35FeN4O4. The van der Waals surface area contributed by atoms with Crippen molar-refractivity contribution < 1.29 is 38.3 Å². The third-order valence-electron chi connectivity index (χ3n) is 9.04. The van der Waals surface area contributed by atoms with Gasteiger partial charge in [0.05, 0.1) is 11.4 Å². The maximum atomic E-state index is 11.4. The number of nitrogens with zero attached hydrogens (tertiary/aromatic N) is 4. The first-order valence-corrected chi connectivity index (χ1v) is 14.0. The Hall–Kier alpha value is -3.68. The first-order chi connectivity index (χ1) is 19.3. The SMILES string of the molecule is CC1=C(CCC(=O)[O-])c2cc3[n-]c(cc4[n-]c(cc5nc(cc1n2)C(C)C5(C)C)c(C)c4C)c(C)c3CCC(=O)[O-].[Fe+3].[H+]. The first-order valence-electron chi connectivity index (χ1n) is 14.0. The number of rotatable bonds is 6. The van der Waals surface area contributed by atoms with Crippen LogP contribution in [0.25, 0.3) is 33.2 Å². The number of fused-ring (bicyclic) bond motifs is 8. The molecular weight excluding hydrogens is 572 g/mol. The van der Waals surface area contributed by atoms with E-state index in [9.17, 15) is 19.8 Å². The van der Waals surface area contributed by atoms with Gasteiger partial charge in [0.1, 0.15) is 0 Å². The van der Waals surface area contributed by atoms with E-state index in [1.54, 1.807) is 0 Å². The summed E-state index contributed by atoms with van der Waals surface area (Å²) in [5.74, 6) is -2.16. The number of carboxylic acid groups (broad SMARTS) is 2. The molecule has 1 atom stereocenters. The molecule has 0 aromatic carbocycles. The largest absolute Gasteiger partial charge is 3.00 e. The molecule has 0 saturated heterocycles. The zero-order chi connectivity index (χ0) is 29.8. The molecule has 3 aromatic rings. The number of aliphatic carboxylic acids is 2. The van der Waals surface area contributed by atoms with Gasteiger partial charge in [-0.2, -0.15) is 0 Å². The van der Waals surface area contributed by atoms with Gasteiger partial charge >= 0.3 is 18.5 Å². The molecule has 0 N–H and O–H groups in total. The molecule has 0 aliphatic carbocycles. The van der Waals surface area contributed by atoms with Gasteiger partial charge < -0.3 is 29.8 Å². The van der Waals surface area contributed by atoms with E-state index in [1.807, 2.05) is 39.0 Å². The molecule has 1 radical (unpaired) electrons. The second-order valence-corrected chi connectivity index (χ2v) is 11.8. The van der Waals surface area contributed by atoms with Crippen LogP contribution in [0.4, 0.5) is 0 Å². The van der Waals surface area contributed by atoms with Gasteiger partial charge in [0.25, 0.3) is 0 Å². The van der Waals surface area contributed by atoms with Crippen LogP contribution in [0.1, 0.15) is 99.3 Å². The van der Waals surface area contributed by atoms with E-state index < -0.39 is 11.9 Å². The number of allylic oxidation sites excluding steroid dienone is 2. The predicted molar refractivity (Wildman–Crippen MR) is 156 cm³/mol. The number of aryl methyl sites for hydroxylation is 4. The second kappa shape index (κ2) is 11.5. The summed E-state index contributed by atoms with van der Waals surface area (Å²) in [6.07, 6.45) is 0.221. The van der Waals surface area contributed by atoms with Crippen molar-refractivity contribution in [2.24, 2.45) is 0 Å². The number of hydrogen-bond donors (Lipinski definition) is 0. The van der Waals surface area contributed by atoms with E-state index in [0.29, 0.717) is 16.7 Å². The van der Waals surface area contributed by atoms with Crippen molar-refractivity contribution in [3.63, 3.8) is 0 Å². The zero-order valence-corrected chi connectivity index (χ0v) is 26.1. The van der Waals surface area contributed by atoms with Crippen molar-refractivity contribution in [1.29, 1.82) is 0 Å². The van der Waals surface area contributed by atoms with Crippen LogP contribution in [0.15, 0.2) is 24.3 Å². The molecule has 219 valence electrons. The molecule has 1 unspecified atom stereocenters. The Balaban J connectivity index is 0.00000253. The minimum atomic E-state index is -1.14. The Morgan fingerprint density at radius 1 is 0.810 bits per heavy atom. The Labute approximate surface area is 257 Å². The fourth-order valence-electron chi connectivity index (χ4n) is 5.70. The van der Waals surface area contributed by atoms with Gasteiger partial charge in [0.15, 0.2) is 0 Å². The summed E-state index contributed by atoms with van der Waals surface area (Å²) < 4.78 is 0. The Morgan fingerprint density at radius 2 is 1.38 bits per heavy atom. The summed E-state index contributed by atoms with van der Waals surface area (Å²) in [6, 6.07) is 7.85. The first kappa shape index (κ1) is 31.3. The average Bonchev–Trinajstić information content (AvgIpc) is 3.51. The topological polar surface area (TPSA) is 134 Å². The van der Waals surface area contributed by atoms with E-state index in [0.717, 1.165) is 61.5 Å². The Bertz CT molecular complexity index is 1800. The van der Waals surface area contributed by atoms with Crippen LogP contribution >= 0.6 is 0 Å². The molecule has 0 fully saturated rings. The molecule has 3 aromatic heterocycles. The molecule has 42 heavy (non-hydrogen) atoms. The van der Waals surface area contributed by atoms with Gasteiger partial charge in [-0.15, -0.1) is 22.1 Å². The van der Waals surface area contributed by atoms with Crippen molar-refractivity contribution in [3.8, 4) is 0 Å². The molecule has 0 spiro atoms. The molecule has 5 rings (SSSR count). The molecule has 8 nitrogen and oxygen atoms in total. The summed E-state index contributed by atoms with van der Waals surface area (Å²) in [6.45, 7) is 14.5. The van der Waals surface area contributed by atoms with Crippen LogP contribution in [-0.2, 0) is 38.5 Å². The summed E-state index contributed by atoms with van der Waals surface area (Å²) in [5.41, 5.74) is 11.4. The van der Waals surface area contributed by atoms with Crippen molar-refractivity contribution in [3.05, 3.63) is 69.3 Å². The Morgan fingerprint density at radius 3 is 2.02 bits per heavy atom. The standard InChI is InChI=1S/C33H38N4O4.Fe/c1-16-17(2)26-15-30-33(6,7)20(5)27(37-30)13-25-19(4)22(9-11-32(40)41)29(36-25)14-28-21(8-10-31(38)39)18(3)24(35-28)12-23(16)34-26;/h12-15,20H,8-11H2,1-7H3,(H4,34,35,36,37,38,39,40,41);/q;+3/p-3. The Kier molecular flexibility index (Phi) is 8.59.